The minimum atomic E-state index is -5.55. The molecule has 0 aliphatic carbocycles. The standard InChI is InChI=1S/C8H10N2O8S/c11-5-1-2-6(12)9(5,15)19(17,18)10(16)7(13)3-4-8(10)14/h15-16H,1-4H2/q+2. The van der Waals surface area contributed by atoms with Crippen LogP contribution < -0.4 is 0 Å². The Kier molecular flexibility index (Phi) is 2.73. The van der Waals surface area contributed by atoms with E-state index in [0.717, 1.165) is 0 Å². The maximum Gasteiger partial charge on any atom is 0.554 e. The van der Waals surface area contributed by atoms with Crippen LogP contribution in [0.3, 0.4) is 0 Å². The summed E-state index contributed by atoms with van der Waals surface area (Å²) in [6.07, 6.45) is -2.23. The Morgan fingerprint density at radius 3 is 1.11 bits per heavy atom. The zero-order chi connectivity index (χ0) is 14.6. The molecule has 2 saturated heterocycles. The summed E-state index contributed by atoms with van der Waals surface area (Å²) < 4.78 is 18.7. The lowest BCUT2D eigenvalue weighted by atomic mass is 10.4. The molecule has 104 valence electrons. The van der Waals surface area contributed by atoms with Gasteiger partial charge in [-0.2, -0.15) is 10.4 Å². The molecule has 10 nitrogen and oxygen atoms in total. The molecule has 2 aliphatic heterocycles. The average molecular weight is 294 g/mol. The van der Waals surface area contributed by atoms with Crippen LogP contribution >= 0.6 is 0 Å². The fraction of sp³-hybridized carbons (Fsp3) is 0.500. The molecule has 0 bridgehead atoms. The van der Waals surface area contributed by atoms with Crippen LogP contribution in [0, 0.1) is 0 Å². The maximum atomic E-state index is 12.1. The SMILES string of the molecule is O=C1CCC(=O)[N+]1(O)S(=O)(=O)[N+]1(O)C(=O)CCC1=O. The maximum absolute atomic E-state index is 12.1. The first kappa shape index (κ1) is 13.9. The van der Waals surface area contributed by atoms with Gasteiger partial charge < -0.3 is 0 Å². The van der Waals surface area contributed by atoms with Gasteiger partial charge in [0, 0.05) is 0 Å². The molecule has 4 amide bonds. The van der Waals surface area contributed by atoms with Crippen LogP contribution in [0.25, 0.3) is 0 Å². The number of amides is 4. The topological polar surface area (TPSA) is 143 Å². The molecule has 0 aromatic heterocycles. The molecule has 19 heavy (non-hydrogen) atoms. The fourth-order valence-electron chi connectivity index (χ4n) is 2.00. The second-order valence-electron chi connectivity index (χ2n) is 4.17. The number of nitrogens with zero attached hydrogens (tertiary/aromatic N) is 2. The number of hydrogen-bond acceptors (Lipinski definition) is 8. The predicted octanol–water partition coefficient (Wildman–Crippen LogP) is -1.66. The van der Waals surface area contributed by atoms with Gasteiger partial charge in [-0.1, -0.05) is 0 Å². The second-order valence-corrected chi connectivity index (χ2v) is 6.13. The summed E-state index contributed by atoms with van der Waals surface area (Å²) in [6.45, 7) is 0. The summed E-state index contributed by atoms with van der Waals surface area (Å²) in [5.74, 6) is -5.65. The number of quaternary nitrogens is 2. The molecule has 11 heteroatoms. The highest BCUT2D eigenvalue weighted by atomic mass is 32.2. The molecule has 0 aromatic rings. The number of imide groups is 2. The Balaban J connectivity index is 2.67. The zero-order valence-electron chi connectivity index (χ0n) is 9.48. The molecule has 0 radical (unpaired) electrons. The average Bonchev–Trinajstić information content (AvgIpc) is 2.76. The molecule has 0 atom stereocenters. The molecule has 2 fully saturated rings. The van der Waals surface area contributed by atoms with Crippen molar-refractivity contribution in [3.05, 3.63) is 0 Å². The fourth-order valence-corrected chi connectivity index (χ4v) is 3.73. The Hall–Kier alpha value is -1.53. The minimum absolute atomic E-state index is 0.559. The Morgan fingerprint density at radius 1 is 0.684 bits per heavy atom. The first-order chi connectivity index (χ1) is 8.60. The Morgan fingerprint density at radius 2 is 0.895 bits per heavy atom. The van der Waals surface area contributed by atoms with E-state index in [9.17, 15) is 38.0 Å². The Labute approximate surface area is 106 Å². The minimum Gasteiger partial charge on any atom is -0.225 e. The van der Waals surface area contributed by atoms with E-state index in [4.69, 9.17) is 0 Å². The highest BCUT2D eigenvalue weighted by Crippen LogP contribution is 2.35. The van der Waals surface area contributed by atoms with Gasteiger partial charge in [0.2, 0.25) is 0 Å². The van der Waals surface area contributed by atoms with Crippen molar-refractivity contribution >= 4 is 33.8 Å². The van der Waals surface area contributed by atoms with E-state index in [1.54, 1.807) is 0 Å². The summed E-state index contributed by atoms with van der Waals surface area (Å²) in [4.78, 5) is 45.8. The predicted molar refractivity (Wildman–Crippen MR) is 51.5 cm³/mol. The van der Waals surface area contributed by atoms with Crippen LogP contribution in [0.15, 0.2) is 0 Å². The summed E-state index contributed by atoms with van der Waals surface area (Å²) in [7, 11) is -5.55. The van der Waals surface area contributed by atoms with Gasteiger partial charge in [-0.15, -0.1) is 8.42 Å². The van der Waals surface area contributed by atoms with E-state index in [1.165, 1.54) is 0 Å². The van der Waals surface area contributed by atoms with Crippen molar-refractivity contribution in [2.24, 2.45) is 0 Å². The van der Waals surface area contributed by atoms with E-state index in [-0.39, 0.29) is 0 Å². The van der Waals surface area contributed by atoms with Crippen molar-refractivity contribution < 1.29 is 46.1 Å². The molecule has 0 aromatic carbocycles. The summed E-state index contributed by atoms with van der Waals surface area (Å²) in [5.41, 5.74) is 0. The lowest BCUT2D eigenvalue weighted by molar-refractivity contribution is -0.946. The smallest absolute Gasteiger partial charge is 0.225 e. The van der Waals surface area contributed by atoms with Crippen molar-refractivity contribution in [2.75, 3.05) is 0 Å². The highest BCUT2D eigenvalue weighted by Gasteiger charge is 2.77. The number of carbonyl (C=O) groups is 4. The van der Waals surface area contributed by atoms with Crippen molar-refractivity contribution in [1.29, 1.82) is 0 Å². The van der Waals surface area contributed by atoms with Gasteiger partial charge in [-0.25, -0.2) is 19.2 Å². The largest absolute Gasteiger partial charge is 0.554 e. The number of rotatable bonds is 2. The quantitative estimate of drug-likeness (QED) is 0.350. The second kappa shape index (κ2) is 3.74. The van der Waals surface area contributed by atoms with E-state index in [2.05, 4.69) is 0 Å². The molecule has 0 spiro atoms. The lowest BCUT2D eigenvalue weighted by Crippen LogP contribution is -2.68. The highest BCUT2D eigenvalue weighted by molar-refractivity contribution is 7.81. The van der Waals surface area contributed by atoms with E-state index in [1.807, 2.05) is 0 Å². The lowest BCUT2D eigenvalue weighted by Gasteiger charge is -2.23. The van der Waals surface area contributed by atoms with Crippen molar-refractivity contribution in [2.45, 2.75) is 25.7 Å². The molecule has 0 unspecified atom stereocenters. The Bertz CT molecular complexity index is 541. The summed E-state index contributed by atoms with van der Waals surface area (Å²) in [5, 5.41) is 19.6. The van der Waals surface area contributed by atoms with Crippen molar-refractivity contribution in [3.63, 3.8) is 0 Å². The van der Waals surface area contributed by atoms with Gasteiger partial charge >= 0.3 is 33.8 Å². The first-order valence-corrected chi connectivity index (χ1v) is 6.62. The van der Waals surface area contributed by atoms with E-state index >= 15 is 0 Å². The van der Waals surface area contributed by atoms with E-state index < -0.39 is 67.6 Å². The van der Waals surface area contributed by atoms with Crippen LogP contribution in [0.5, 0.6) is 0 Å². The van der Waals surface area contributed by atoms with Crippen molar-refractivity contribution in [3.8, 4) is 0 Å². The van der Waals surface area contributed by atoms with Gasteiger partial charge in [-0.05, 0) is 0 Å². The van der Waals surface area contributed by atoms with Gasteiger partial charge in [-0.3, -0.25) is 0 Å². The van der Waals surface area contributed by atoms with Crippen LogP contribution in [-0.4, -0.2) is 50.6 Å². The number of hydrogen-bond donors (Lipinski definition) is 2. The third-order valence-corrected chi connectivity index (χ3v) is 5.28. The van der Waals surface area contributed by atoms with Crippen LogP contribution in [0.1, 0.15) is 25.7 Å². The zero-order valence-corrected chi connectivity index (χ0v) is 10.3. The molecule has 2 heterocycles. The van der Waals surface area contributed by atoms with Crippen LogP contribution in [-0.2, 0) is 29.4 Å². The summed E-state index contributed by atoms with van der Waals surface area (Å²) >= 11 is 0. The molecular weight excluding hydrogens is 284 g/mol. The molecular formula is C8H10N2O8S+2. The summed E-state index contributed by atoms with van der Waals surface area (Å²) in [6, 6.07) is 0. The van der Waals surface area contributed by atoms with Crippen LogP contribution in [0.2, 0.25) is 0 Å². The normalized spacial score (nSPS) is 26.2. The van der Waals surface area contributed by atoms with Crippen molar-refractivity contribution in [1.82, 2.24) is 0 Å². The van der Waals surface area contributed by atoms with E-state index in [0.29, 0.717) is 0 Å². The third-order valence-electron chi connectivity index (χ3n) is 3.13. The monoisotopic (exact) mass is 294 g/mol. The first-order valence-electron chi connectivity index (χ1n) is 5.22. The molecule has 2 rings (SSSR count). The molecule has 2 N–H and O–H groups in total. The van der Waals surface area contributed by atoms with Crippen LogP contribution in [0.4, 0.5) is 0 Å². The molecule has 2 aliphatic rings. The molecule has 0 saturated carbocycles. The number of carbonyl (C=O) groups excluding carboxylic acids is 4. The van der Waals surface area contributed by atoms with Gasteiger partial charge in [0.1, 0.15) is 0 Å². The van der Waals surface area contributed by atoms with Gasteiger partial charge in [0.25, 0.3) is 0 Å². The van der Waals surface area contributed by atoms with Gasteiger partial charge in [0.15, 0.2) is 0 Å². The number of hydroxylamine groups is 4. The van der Waals surface area contributed by atoms with Gasteiger partial charge in [0.05, 0.1) is 33.8 Å². The third kappa shape index (κ3) is 1.35.